The molecule has 2 aromatic rings. The molecule has 0 aromatic carbocycles. The molecule has 0 unspecified atom stereocenters. The van der Waals surface area contributed by atoms with Crippen molar-refractivity contribution >= 4 is 5.96 Å². The maximum atomic E-state index is 5.92. The number of aliphatic imine (C=N–C) groups is 1. The quantitative estimate of drug-likeness (QED) is 0.639. The number of nitrogens with zero attached hydrogens (tertiary/aromatic N) is 4. The maximum absolute atomic E-state index is 5.92. The summed E-state index contributed by atoms with van der Waals surface area (Å²) < 4.78 is 8.04. The number of hydrogen-bond acceptors (Lipinski definition) is 3. The molecule has 6 heteroatoms. The molecule has 0 radical (unpaired) electrons. The van der Waals surface area contributed by atoms with E-state index in [1.165, 1.54) is 18.5 Å². The van der Waals surface area contributed by atoms with Crippen LogP contribution in [0.25, 0.3) is 0 Å². The number of aromatic nitrogens is 2. The van der Waals surface area contributed by atoms with Gasteiger partial charge in [-0.15, -0.1) is 0 Å². The van der Waals surface area contributed by atoms with Crippen molar-refractivity contribution < 1.29 is 4.74 Å². The molecular weight excluding hydrogens is 326 g/mol. The third-order valence-corrected chi connectivity index (χ3v) is 4.86. The van der Waals surface area contributed by atoms with Crippen molar-refractivity contribution in [2.45, 2.75) is 44.9 Å². The predicted octanol–water partition coefficient (Wildman–Crippen LogP) is 2.95. The predicted molar refractivity (Wildman–Crippen MR) is 104 cm³/mol. The summed E-state index contributed by atoms with van der Waals surface area (Å²) in [6.45, 7) is 1.48. The largest absolute Gasteiger partial charge is 0.474 e. The molecule has 1 aliphatic rings. The van der Waals surface area contributed by atoms with E-state index < -0.39 is 0 Å². The summed E-state index contributed by atoms with van der Waals surface area (Å²) in [6.07, 6.45) is 9.10. The van der Waals surface area contributed by atoms with E-state index in [-0.39, 0.29) is 0 Å². The molecule has 0 aliphatic heterocycles. The Bertz CT molecular complexity index is 716. The lowest BCUT2D eigenvalue weighted by atomic mass is 10.3. The van der Waals surface area contributed by atoms with Gasteiger partial charge in [0.25, 0.3) is 0 Å². The first kappa shape index (κ1) is 18.3. The molecule has 0 bridgehead atoms. The zero-order valence-electron chi connectivity index (χ0n) is 16.0. The minimum atomic E-state index is 0.344. The van der Waals surface area contributed by atoms with Gasteiger partial charge < -0.3 is 19.5 Å². The second-order valence-electron chi connectivity index (χ2n) is 6.90. The van der Waals surface area contributed by atoms with Gasteiger partial charge in [-0.3, -0.25) is 4.99 Å². The van der Waals surface area contributed by atoms with Gasteiger partial charge in [0.2, 0.25) is 5.88 Å². The highest BCUT2D eigenvalue weighted by Gasteiger charge is 2.16. The van der Waals surface area contributed by atoms with Crippen molar-refractivity contribution in [3.8, 4) is 5.88 Å². The van der Waals surface area contributed by atoms with Gasteiger partial charge in [-0.05, 0) is 43.4 Å². The molecule has 1 fully saturated rings. The molecule has 26 heavy (non-hydrogen) atoms. The summed E-state index contributed by atoms with van der Waals surface area (Å²) in [7, 11) is 5.90. The van der Waals surface area contributed by atoms with Crippen molar-refractivity contribution in [3.63, 3.8) is 0 Å². The van der Waals surface area contributed by atoms with Crippen molar-refractivity contribution in [1.82, 2.24) is 19.8 Å². The number of rotatable bonds is 6. The Labute approximate surface area is 155 Å². The molecule has 1 aliphatic carbocycles. The number of guanidine groups is 1. The Morgan fingerprint density at radius 1 is 1.35 bits per heavy atom. The van der Waals surface area contributed by atoms with E-state index in [0.29, 0.717) is 12.6 Å². The normalized spacial score (nSPS) is 15.3. The van der Waals surface area contributed by atoms with Crippen LogP contribution >= 0.6 is 0 Å². The molecule has 6 nitrogen and oxygen atoms in total. The van der Waals surface area contributed by atoms with Crippen LogP contribution in [0.3, 0.4) is 0 Å². The van der Waals surface area contributed by atoms with Gasteiger partial charge in [-0.25, -0.2) is 4.98 Å². The number of pyridine rings is 1. The Morgan fingerprint density at radius 2 is 2.15 bits per heavy atom. The Morgan fingerprint density at radius 3 is 2.77 bits per heavy atom. The van der Waals surface area contributed by atoms with Gasteiger partial charge in [-0.1, -0.05) is 6.07 Å². The molecule has 0 amide bonds. The molecule has 2 heterocycles. The molecule has 0 atom stereocenters. The number of hydrogen-bond donors (Lipinski definition) is 1. The lowest BCUT2D eigenvalue weighted by Crippen LogP contribution is -2.38. The van der Waals surface area contributed by atoms with Crippen LogP contribution in [0.5, 0.6) is 5.88 Å². The van der Waals surface area contributed by atoms with Crippen molar-refractivity contribution in [2.24, 2.45) is 12.0 Å². The number of nitrogens with one attached hydrogen (secondary N) is 1. The van der Waals surface area contributed by atoms with Gasteiger partial charge in [0.05, 0.1) is 6.54 Å². The van der Waals surface area contributed by atoms with Crippen LogP contribution in [0.1, 0.15) is 36.9 Å². The van der Waals surface area contributed by atoms with Crippen LogP contribution in [-0.2, 0) is 20.1 Å². The second kappa shape index (κ2) is 8.74. The summed E-state index contributed by atoms with van der Waals surface area (Å²) in [5.74, 6) is 1.59. The molecule has 1 N–H and O–H groups in total. The molecule has 0 saturated heterocycles. The van der Waals surface area contributed by atoms with E-state index in [1.54, 1.807) is 7.05 Å². The topological polar surface area (TPSA) is 54.7 Å². The van der Waals surface area contributed by atoms with E-state index in [0.717, 1.165) is 36.8 Å². The summed E-state index contributed by atoms with van der Waals surface area (Å²) >= 11 is 0. The van der Waals surface area contributed by atoms with Crippen LogP contribution < -0.4 is 10.1 Å². The Balaban J connectivity index is 1.50. The van der Waals surface area contributed by atoms with E-state index >= 15 is 0 Å². The first-order valence-corrected chi connectivity index (χ1v) is 9.29. The minimum Gasteiger partial charge on any atom is -0.474 e. The fourth-order valence-corrected chi connectivity index (χ4v) is 3.31. The lowest BCUT2D eigenvalue weighted by molar-refractivity contribution is 0.201. The van der Waals surface area contributed by atoms with Crippen LogP contribution in [0.2, 0.25) is 0 Å². The Kier molecular flexibility index (Phi) is 6.15. The van der Waals surface area contributed by atoms with Gasteiger partial charge >= 0.3 is 0 Å². The van der Waals surface area contributed by atoms with E-state index in [1.807, 2.05) is 19.3 Å². The summed E-state index contributed by atoms with van der Waals surface area (Å²) in [5, 5.41) is 3.40. The van der Waals surface area contributed by atoms with Crippen LogP contribution in [0.15, 0.2) is 41.7 Å². The first-order chi connectivity index (χ1) is 12.7. The van der Waals surface area contributed by atoms with Gasteiger partial charge in [-0.2, -0.15) is 0 Å². The first-order valence-electron chi connectivity index (χ1n) is 9.29. The Hall–Kier alpha value is -2.50. The summed E-state index contributed by atoms with van der Waals surface area (Å²) in [5.41, 5.74) is 2.35. The number of aryl methyl sites for hydroxylation is 1. The SMILES string of the molecule is CN=C(NCc1ccc(OC2CCCC2)nc1)N(C)Cc1cccn1C. The highest BCUT2D eigenvalue weighted by Crippen LogP contribution is 2.22. The molecule has 140 valence electrons. The molecular formula is C20H29N5O. The molecule has 2 aromatic heterocycles. The summed E-state index contributed by atoms with van der Waals surface area (Å²) in [6, 6.07) is 8.21. The monoisotopic (exact) mass is 355 g/mol. The third-order valence-electron chi connectivity index (χ3n) is 4.86. The van der Waals surface area contributed by atoms with Crippen molar-refractivity contribution in [1.29, 1.82) is 0 Å². The fraction of sp³-hybridized carbons (Fsp3) is 0.500. The standard InChI is InChI=1S/C20H29N5O/c1-21-20(25(3)15-17-7-6-12-24(17)2)23-14-16-10-11-19(22-13-16)26-18-8-4-5-9-18/h6-7,10-13,18H,4-5,8-9,14-15H2,1-3H3,(H,21,23). The zero-order valence-corrected chi connectivity index (χ0v) is 16.0. The van der Waals surface area contributed by atoms with Crippen LogP contribution in [0, 0.1) is 0 Å². The maximum Gasteiger partial charge on any atom is 0.213 e. The number of ether oxygens (including phenoxy) is 1. The summed E-state index contributed by atoms with van der Waals surface area (Å²) in [4.78, 5) is 10.9. The van der Waals surface area contributed by atoms with E-state index in [2.05, 4.69) is 56.2 Å². The fourth-order valence-electron chi connectivity index (χ4n) is 3.31. The van der Waals surface area contributed by atoms with Crippen LogP contribution in [-0.4, -0.2) is 40.6 Å². The molecule has 3 rings (SSSR count). The highest BCUT2D eigenvalue weighted by molar-refractivity contribution is 5.79. The minimum absolute atomic E-state index is 0.344. The molecule has 0 spiro atoms. The van der Waals surface area contributed by atoms with Crippen LogP contribution in [0.4, 0.5) is 0 Å². The van der Waals surface area contributed by atoms with Gasteiger partial charge in [0.1, 0.15) is 6.10 Å². The van der Waals surface area contributed by atoms with E-state index in [9.17, 15) is 0 Å². The van der Waals surface area contributed by atoms with Crippen molar-refractivity contribution in [3.05, 3.63) is 47.9 Å². The second-order valence-corrected chi connectivity index (χ2v) is 6.90. The lowest BCUT2D eigenvalue weighted by Gasteiger charge is -2.22. The smallest absolute Gasteiger partial charge is 0.213 e. The molecule has 1 saturated carbocycles. The average molecular weight is 355 g/mol. The van der Waals surface area contributed by atoms with Gasteiger partial charge in [0, 0.05) is 51.8 Å². The van der Waals surface area contributed by atoms with Crippen molar-refractivity contribution in [2.75, 3.05) is 14.1 Å². The van der Waals surface area contributed by atoms with E-state index in [4.69, 9.17) is 4.74 Å². The highest BCUT2D eigenvalue weighted by atomic mass is 16.5. The average Bonchev–Trinajstić information content (AvgIpc) is 3.29. The third kappa shape index (κ3) is 4.77. The van der Waals surface area contributed by atoms with Gasteiger partial charge in [0.15, 0.2) is 5.96 Å². The zero-order chi connectivity index (χ0) is 18.4.